The Balaban J connectivity index is 2.78. The summed E-state index contributed by atoms with van der Waals surface area (Å²) < 4.78 is 28.2. The smallest absolute Gasteiger partial charge is 0.335 e. The molecule has 1 rings (SSSR count). The number of carboxylic acids is 1. The topological polar surface area (TPSA) is 175 Å². The number of hydrogen-bond donors (Lipinski definition) is 3. The van der Waals surface area contributed by atoms with Gasteiger partial charge in [0.05, 0.1) is 6.61 Å². The van der Waals surface area contributed by atoms with Crippen molar-refractivity contribution < 1.29 is 58.2 Å². The first-order valence-electron chi connectivity index (χ1n) is 28.8. The summed E-state index contributed by atoms with van der Waals surface area (Å²) in [5.74, 6) is -3.33. The van der Waals surface area contributed by atoms with Crippen molar-refractivity contribution in [2.75, 3.05) is 13.2 Å². The van der Waals surface area contributed by atoms with Gasteiger partial charge in [0.1, 0.15) is 18.8 Å². The van der Waals surface area contributed by atoms with Gasteiger partial charge >= 0.3 is 23.9 Å². The van der Waals surface area contributed by atoms with Gasteiger partial charge in [0.2, 0.25) is 0 Å². The minimum Gasteiger partial charge on any atom is -0.479 e. The molecule has 0 aliphatic carbocycles. The van der Waals surface area contributed by atoms with Crippen molar-refractivity contribution in [1.29, 1.82) is 0 Å². The Morgan fingerprint density at radius 3 is 1.32 bits per heavy atom. The maximum absolute atomic E-state index is 13.1. The van der Waals surface area contributed by atoms with Gasteiger partial charge in [-0.2, -0.15) is 0 Å². The number of allylic oxidation sites excluding steroid dienone is 24. The fourth-order valence-corrected chi connectivity index (χ4v) is 7.54. The molecule has 1 saturated heterocycles. The van der Waals surface area contributed by atoms with Gasteiger partial charge in [-0.3, -0.25) is 14.4 Å². The van der Waals surface area contributed by atoms with E-state index >= 15 is 0 Å². The number of carboxylic acid groups (broad SMARTS) is 1. The van der Waals surface area contributed by atoms with Gasteiger partial charge in [-0.05, 0) is 122 Å². The lowest BCUT2D eigenvalue weighted by molar-refractivity contribution is -0.301. The van der Waals surface area contributed by atoms with Crippen LogP contribution in [0, 0.1) is 0 Å². The molecule has 0 aromatic heterocycles. The van der Waals surface area contributed by atoms with Gasteiger partial charge < -0.3 is 39.0 Å². The second kappa shape index (κ2) is 51.4. The van der Waals surface area contributed by atoms with Crippen LogP contribution in [0.15, 0.2) is 146 Å². The Labute approximate surface area is 463 Å². The summed E-state index contributed by atoms with van der Waals surface area (Å²) in [7, 11) is 0. The predicted octanol–water partition coefficient (Wildman–Crippen LogP) is 14.8. The first-order chi connectivity index (χ1) is 37.6. The van der Waals surface area contributed by atoms with Crippen molar-refractivity contribution in [1.82, 2.24) is 0 Å². The molecular weight excluding hydrogens is 973 g/mol. The molecule has 6 unspecified atom stereocenters. The van der Waals surface area contributed by atoms with E-state index < -0.39 is 67.3 Å². The average Bonchev–Trinajstić information content (AvgIpc) is 3.42. The highest BCUT2D eigenvalue weighted by Crippen LogP contribution is 2.26. The zero-order valence-electron chi connectivity index (χ0n) is 47.1. The summed E-state index contributed by atoms with van der Waals surface area (Å²) in [6.45, 7) is 5.59. The van der Waals surface area contributed by atoms with E-state index in [0.717, 1.165) is 122 Å². The van der Waals surface area contributed by atoms with Gasteiger partial charge in [-0.25, -0.2) is 4.79 Å². The number of aliphatic hydroxyl groups is 2. The number of rotatable bonds is 46. The predicted molar refractivity (Wildman–Crippen MR) is 312 cm³/mol. The lowest BCUT2D eigenvalue weighted by atomic mass is 9.98. The fourth-order valence-electron chi connectivity index (χ4n) is 7.54. The molecule has 0 spiro atoms. The molecule has 0 saturated carbocycles. The molecule has 430 valence electrons. The third-order valence-electron chi connectivity index (χ3n) is 11.9. The summed E-state index contributed by atoms with van der Waals surface area (Å²) in [5.41, 5.74) is 0. The van der Waals surface area contributed by atoms with Crippen LogP contribution in [0.2, 0.25) is 0 Å². The van der Waals surface area contributed by atoms with Gasteiger partial charge in [0.25, 0.3) is 0 Å². The Bertz CT molecular complexity index is 1890. The SMILES string of the molecule is CC/C=C\C/C=C\C/C=C\C/C=C\C/C=C\C/C=C\CCC(=O)OC1C(OCC(COC(=O)CCCC/C=C\C/C=C\C/C=C\C/C=C\CC)OC(=O)CCCCCCC/C=C\C/C=C\CCC)OC(C(=O)O)C(O)C1O. The van der Waals surface area contributed by atoms with Crippen LogP contribution in [-0.4, -0.2) is 89.2 Å². The number of carbonyl (C=O) groups is 4. The van der Waals surface area contributed by atoms with Crippen molar-refractivity contribution in [3.63, 3.8) is 0 Å². The lowest BCUT2D eigenvalue weighted by Gasteiger charge is -2.40. The Kier molecular flexibility index (Phi) is 46.4. The largest absolute Gasteiger partial charge is 0.479 e. The summed E-state index contributed by atoms with van der Waals surface area (Å²) in [6.07, 6.45) is 61.2. The minimum atomic E-state index is -1.94. The van der Waals surface area contributed by atoms with Crippen molar-refractivity contribution in [2.45, 2.75) is 225 Å². The number of ether oxygens (including phenoxy) is 5. The molecule has 6 atom stereocenters. The van der Waals surface area contributed by atoms with Crippen molar-refractivity contribution >= 4 is 23.9 Å². The molecule has 1 heterocycles. The Morgan fingerprint density at radius 2 is 0.844 bits per heavy atom. The fraction of sp³-hybridized carbons (Fsp3) is 0.569. The Morgan fingerprint density at radius 1 is 0.442 bits per heavy atom. The highest BCUT2D eigenvalue weighted by Gasteiger charge is 2.50. The van der Waals surface area contributed by atoms with Gasteiger partial charge in [-0.15, -0.1) is 0 Å². The number of aliphatic carboxylic acids is 1. The van der Waals surface area contributed by atoms with E-state index in [1.807, 2.05) is 18.2 Å². The van der Waals surface area contributed by atoms with E-state index in [0.29, 0.717) is 25.7 Å². The van der Waals surface area contributed by atoms with Crippen LogP contribution in [0.5, 0.6) is 0 Å². The molecule has 1 fully saturated rings. The number of unbranched alkanes of at least 4 members (excludes halogenated alkanes) is 8. The van der Waals surface area contributed by atoms with Crippen LogP contribution in [0.3, 0.4) is 0 Å². The number of esters is 3. The first kappa shape index (κ1) is 69.6. The summed E-state index contributed by atoms with van der Waals surface area (Å²) in [5, 5.41) is 31.4. The van der Waals surface area contributed by atoms with E-state index in [1.54, 1.807) is 0 Å². The molecule has 12 heteroatoms. The monoisotopic (exact) mass is 1070 g/mol. The second-order valence-electron chi connectivity index (χ2n) is 18.8. The van der Waals surface area contributed by atoms with Crippen molar-refractivity contribution in [2.24, 2.45) is 0 Å². The molecule has 0 radical (unpaired) electrons. The third-order valence-corrected chi connectivity index (χ3v) is 11.9. The van der Waals surface area contributed by atoms with E-state index in [9.17, 15) is 34.5 Å². The summed E-state index contributed by atoms with van der Waals surface area (Å²) >= 11 is 0. The lowest BCUT2D eigenvalue weighted by Crippen LogP contribution is -2.61. The molecule has 0 aromatic carbocycles. The quantitative estimate of drug-likeness (QED) is 0.0228. The van der Waals surface area contributed by atoms with Crippen molar-refractivity contribution in [3.8, 4) is 0 Å². The van der Waals surface area contributed by atoms with Crippen LogP contribution in [0.1, 0.15) is 188 Å². The maximum Gasteiger partial charge on any atom is 0.335 e. The third kappa shape index (κ3) is 41.4. The summed E-state index contributed by atoms with van der Waals surface area (Å²) in [6, 6.07) is 0. The number of hydrogen-bond acceptors (Lipinski definition) is 11. The number of aliphatic hydroxyl groups excluding tert-OH is 2. The van der Waals surface area contributed by atoms with E-state index in [4.69, 9.17) is 23.7 Å². The normalized spacial score (nSPS) is 19.1. The van der Waals surface area contributed by atoms with Crippen molar-refractivity contribution in [3.05, 3.63) is 146 Å². The standard InChI is InChI=1S/C65H98O12/c1-4-7-10-13-16-19-22-25-27-28-29-30-32-35-38-41-44-47-50-53-59(68)76-63-61(70)60(69)62(64(71)72)77-65(63)74-55-56(75-58(67)52-49-46-43-40-37-33-24-21-18-15-12-9-6-3)54-73-57(66)51-48-45-42-39-36-34-31-26-23-20-17-14-11-8-5-2/h7-8,10-12,15-17,19-21,24-27,29-31,35-36,38-39,44,47,56,60-63,65,69-70H,4-6,9,13-14,18,22-23,28,32-34,37,40-43,45-46,48-55H2,1-3H3,(H,71,72)/b10-7-,11-8-,15-12-,19-16-,20-17-,24-21-,27-25-,30-29-,31-26-,38-35-,39-36-,47-44-. The minimum absolute atomic E-state index is 0.0791. The van der Waals surface area contributed by atoms with Crippen LogP contribution in [0.25, 0.3) is 0 Å². The van der Waals surface area contributed by atoms with Gasteiger partial charge in [-0.1, -0.05) is 192 Å². The van der Waals surface area contributed by atoms with Gasteiger partial charge in [0.15, 0.2) is 24.6 Å². The average molecular weight is 1070 g/mol. The molecule has 0 amide bonds. The van der Waals surface area contributed by atoms with Gasteiger partial charge in [0, 0.05) is 19.3 Å². The number of carbonyl (C=O) groups excluding carboxylic acids is 3. The molecule has 12 nitrogen and oxygen atoms in total. The zero-order chi connectivity index (χ0) is 56.1. The first-order valence-corrected chi connectivity index (χ1v) is 28.8. The second-order valence-corrected chi connectivity index (χ2v) is 18.8. The molecular formula is C65H98O12. The Hall–Kier alpha value is -5.40. The van der Waals surface area contributed by atoms with Crippen LogP contribution >= 0.6 is 0 Å². The molecule has 77 heavy (non-hydrogen) atoms. The van der Waals surface area contributed by atoms with E-state index in [1.165, 1.54) is 0 Å². The molecule has 0 bridgehead atoms. The van der Waals surface area contributed by atoms with E-state index in [-0.39, 0.29) is 25.9 Å². The maximum atomic E-state index is 13.1. The van der Waals surface area contributed by atoms with Crippen LogP contribution in [-0.2, 0) is 42.9 Å². The highest BCUT2D eigenvalue weighted by atomic mass is 16.7. The zero-order valence-corrected chi connectivity index (χ0v) is 47.1. The molecule has 1 aliphatic heterocycles. The van der Waals surface area contributed by atoms with Crippen LogP contribution < -0.4 is 0 Å². The molecule has 0 aromatic rings. The molecule has 3 N–H and O–H groups in total. The summed E-state index contributed by atoms with van der Waals surface area (Å²) in [4.78, 5) is 51.0. The van der Waals surface area contributed by atoms with E-state index in [2.05, 4.69) is 148 Å². The highest BCUT2D eigenvalue weighted by molar-refractivity contribution is 5.74. The van der Waals surface area contributed by atoms with Crippen LogP contribution in [0.4, 0.5) is 0 Å². The molecule has 1 aliphatic rings.